The summed E-state index contributed by atoms with van der Waals surface area (Å²) in [6.45, 7) is 2.58. The summed E-state index contributed by atoms with van der Waals surface area (Å²) in [5.74, 6) is 0.0581. The molecule has 1 aliphatic heterocycles. The molecule has 0 bridgehead atoms. The van der Waals surface area contributed by atoms with Crippen LogP contribution in [0.4, 0.5) is 19.0 Å². The number of nitrogens with zero attached hydrogens (tertiary/aromatic N) is 3. The Kier molecular flexibility index (Phi) is 4.47. The third-order valence-electron chi connectivity index (χ3n) is 3.76. The monoisotopic (exact) mass is 353 g/mol. The zero-order chi connectivity index (χ0) is 17.3. The lowest BCUT2D eigenvalue weighted by Crippen LogP contribution is -2.43. The highest BCUT2D eigenvalue weighted by Crippen LogP contribution is 2.33. The number of alkyl halides is 3. The minimum absolute atomic E-state index is 0.0581. The number of morpholine rings is 1. The minimum Gasteiger partial charge on any atom is -0.367 e. The summed E-state index contributed by atoms with van der Waals surface area (Å²) >= 11 is 1.53. The standard InChI is InChI=1S/C16H14F3N3OS/c1-10-7-22(8-13(23-10)12-4-5-24-9-12)15-11(6-20)2-3-14(21-15)16(17,18)19/h2-5,9-10,13H,7-8H2,1H3. The van der Waals surface area contributed by atoms with Crippen LogP contribution in [0.25, 0.3) is 0 Å². The van der Waals surface area contributed by atoms with Gasteiger partial charge in [-0.25, -0.2) is 4.98 Å². The Morgan fingerprint density at radius 2 is 2.12 bits per heavy atom. The molecule has 1 saturated heterocycles. The number of nitriles is 1. The van der Waals surface area contributed by atoms with Crippen molar-refractivity contribution in [3.63, 3.8) is 0 Å². The molecule has 1 fully saturated rings. The van der Waals surface area contributed by atoms with Crippen molar-refractivity contribution in [2.45, 2.75) is 25.3 Å². The molecule has 3 rings (SSSR count). The van der Waals surface area contributed by atoms with Crippen LogP contribution in [0.2, 0.25) is 0 Å². The topological polar surface area (TPSA) is 49.2 Å². The fraction of sp³-hybridized carbons (Fsp3) is 0.375. The molecular weight excluding hydrogens is 339 g/mol. The van der Waals surface area contributed by atoms with E-state index in [0.717, 1.165) is 11.6 Å². The summed E-state index contributed by atoms with van der Waals surface area (Å²) in [6.07, 6.45) is -5.00. The molecule has 126 valence electrons. The normalized spacial score (nSPS) is 21.5. The second-order valence-electron chi connectivity index (χ2n) is 5.57. The lowest BCUT2D eigenvalue weighted by atomic mass is 10.1. The molecule has 2 aromatic rings. The molecule has 3 heterocycles. The van der Waals surface area contributed by atoms with Crippen LogP contribution in [0.5, 0.6) is 0 Å². The highest BCUT2D eigenvalue weighted by Gasteiger charge is 2.35. The van der Waals surface area contributed by atoms with Gasteiger partial charge in [-0.15, -0.1) is 0 Å². The van der Waals surface area contributed by atoms with Gasteiger partial charge in [-0.05, 0) is 41.4 Å². The number of rotatable bonds is 2. The summed E-state index contributed by atoms with van der Waals surface area (Å²) in [5.41, 5.74) is 0.103. The maximum Gasteiger partial charge on any atom is 0.433 e. The Morgan fingerprint density at radius 3 is 2.75 bits per heavy atom. The maximum atomic E-state index is 13.0. The third-order valence-corrected chi connectivity index (χ3v) is 4.46. The number of ether oxygens (including phenoxy) is 1. The predicted molar refractivity (Wildman–Crippen MR) is 83.8 cm³/mol. The molecule has 2 aromatic heterocycles. The maximum absolute atomic E-state index is 13.0. The molecule has 0 N–H and O–H groups in total. The molecule has 2 atom stereocenters. The first-order chi connectivity index (χ1) is 11.4. The molecule has 0 saturated carbocycles. The fourth-order valence-corrected chi connectivity index (χ4v) is 3.40. The Morgan fingerprint density at radius 1 is 1.33 bits per heavy atom. The lowest BCUT2D eigenvalue weighted by Gasteiger charge is -2.37. The van der Waals surface area contributed by atoms with E-state index in [2.05, 4.69) is 4.98 Å². The van der Waals surface area contributed by atoms with Gasteiger partial charge in [-0.3, -0.25) is 0 Å². The van der Waals surface area contributed by atoms with E-state index in [1.165, 1.54) is 17.4 Å². The van der Waals surface area contributed by atoms with E-state index in [0.29, 0.717) is 13.1 Å². The van der Waals surface area contributed by atoms with Crippen LogP contribution in [-0.2, 0) is 10.9 Å². The van der Waals surface area contributed by atoms with Gasteiger partial charge < -0.3 is 9.64 Å². The van der Waals surface area contributed by atoms with Gasteiger partial charge in [0, 0.05) is 13.1 Å². The van der Waals surface area contributed by atoms with Gasteiger partial charge >= 0.3 is 6.18 Å². The largest absolute Gasteiger partial charge is 0.433 e. The predicted octanol–water partition coefficient (Wildman–Crippen LogP) is 4.00. The van der Waals surface area contributed by atoms with Crippen molar-refractivity contribution in [2.24, 2.45) is 0 Å². The van der Waals surface area contributed by atoms with Crippen molar-refractivity contribution in [3.05, 3.63) is 45.8 Å². The first-order valence-electron chi connectivity index (χ1n) is 7.29. The average Bonchev–Trinajstić information content (AvgIpc) is 3.07. The van der Waals surface area contributed by atoms with Gasteiger partial charge in [0.1, 0.15) is 23.7 Å². The molecule has 24 heavy (non-hydrogen) atoms. The second-order valence-corrected chi connectivity index (χ2v) is 6.35. The molecule has 8 heteroatoms. The highest BCUT2D eigenvalue weighted by atomic mass is 32.1. The van der Waals surface area contributed by atoms with E-state index in [9.17, 15) is 18.4 Å². The summed E-state index contributed by atoms with van der Waals surface area (Å²) < 4.78 is 44.8. The number of halogens is 3. The van der Waals surface area contributed by atoms with E-state index in [4.69, 9.17) is 4.74 Å². The summed E-state index contributed by atoms with van der Waals surface area (Å²) in [6, 6.07) is 5.86. The van der Waals surface area contributed by atoms with Crippen molar-refractivity contribution < 1.29 is 17.9 Å². The zero-order valence-corrected chi connectivity index (χ0v) is 13.6. The average molecular weight is 353 g/mol. The molecule has 1 aliphatic rings. The Hall–Kier alpha value is -2.11. The Labute approximate surface area is 141 Å². The highest BCUT2D eigenvalue weighted by molar-refractivity contribution is 7.07. The quantitative estimate of drug-likeness (QED) is 0.819. The Bertz CT molecular complexity index is 755. The summed E-state index contributed by atoms with van der Waals surface area (Å²) in [4.78, 5) is 5.41. The number of thiophene rings is 1. The second kappa shape index (κ2) is 6.42. The fourth-order valence-electron chi connectivity index (χ4n) is 2.70. The molecule has 0 aromatic carbocycles. The summed E-state index contributed by atoms with van der Waals surface area (Å²) in [7, 11) is 0. The van der Waals surface area contributed by atoms with Crippen LogP contribution < -0.4 is 4.90 Å². The van der Waals surface area contributed by atoms with E-state index in [1.807, 2.05) is 29.8 Å². The first-order valence-corrected chi connectivity index (χ1v) is 8.23. The number of hydrogen-bond donors (Lipinski definition) is 0. The van der Waals surface area contributed by atoms with Crippen LogP contribution in [0.3, 0.4) is 0 Å². The van der Waals surface area contributed by atoms with E-state index in [-0.39, 0.29) is 23.6 Å². The smallest absolute Gasteiger partial charge is 0.367 e. The van der Waals surface area contributed by atoms with Gasteiger partial charge in [0.25, 0.3) is 0 Å². The van der Waals surface area contributed by atoms with Gasteiger partial charge in [0.15, 0.2) is 0 Å². The van der Waals surface area contributed by atoms with Crippen molar-refractivity contribution in [2.75, 3.05) is 18.0 Å². The van der Waals surface area contributed by atoms with Gasteiger partial charge in [0.05, 0.1) is 11.7 Å². The number of aromatic nitrogens is 1. The van der Waals surface area contributed by atoms with Gasteiger partial charge in [-0.2, -0.15) is 29.8 Å². The van der Waals surface area contributed by atoms with Crippen molar-refractivity contribution in [3.8, 4) is 6.07 Å². The molecular formula is C16H14F3N3OS. The number of anilines is 1. The number of pyridine rings is 1. The molecule has 0 spiro atoms. The van der Waals surface area contributed by atoms with E-state index < -0.39 is 11.9 Å². The SMILES string of the molecule is CC1CN(c2nc(C(F)(F)F)ccc2C#N)CC(c2ccsc2)O1. The van der Waals surface area contributed by atoms with Crippen LogP contribution >= 0.6 is 11.3 Å². The van der Waals surface area contributed by atoms with Gasteiger partial charge in [0.2, 0.25) is 0 Å². The van der Waals surface area contributed by atoms with Crippen molar-refractivity contribution in [1.82, 2.24) is 4.98 Å². The summed E-state index contributed by atoms with van der Waals surface area (Å²) in [5, 5.41) is 13.1. The van der Waals surface area contributed by atoms with Crippen molar-refractivity contribution >= 4 is 17.2 Å². The Balaban J connectivity index is 1.96. The molecule has 2 unspecified atom stereocenters. The zero-order valence-electron chi connectivity index (χ0n) is 12.7. The third kappa shape index (κ3) is 3.37. The molecule has 0 amide bonds. The van der Waals surface area contributed by atoms with Crippen LogP contribution in [0, 0.1) is 11.3 Å². The molecule has 0 aliphatic carbocycles. The first kappa shape index (κ1) is 16.7. The molecule has 4 nitrogen and oxygen atoms in total. The molecule has 0 radical (unpaired) electrons. The van der Waals surface area contributed by atoms with Gasteiger partial charge in [-0.1, -0.05) is 0 Å². The van der Waals surface area contributed by atoms with E-state index in [1.54, 1.807) is 4.90 Å². The van der Waals surface area contributed by atoms with Crippen molar-refractivity contribution in [1.29, 1.82) is 5.26 Å². The lowest BCUT2D eigenvalue weighted by molar-refractivity contribution is -0.141. The van der Waals surface area contributed by atoms with Crippen LogP contribution in [0.15, 0.2) is 29.0 Å². The van der Waals surface area contributed by atoms with Crippen LogP contribution in [0.1, 0.15) is 29.8 Å². The minimum atomic E-state index is -4.55. The van der Waals surface area contributed by atoms with Crippen LogP contribution in [-0.4, -0.2) is 24.2 Å². The number of hydrogen-bond acceptors (Lipinski definition) is 5. The van der Waals surface area contributed by atoms with E-state index >= 15 is 0 Å².